The van der Waals surface area contributed by atoms with Crippen LogP contribution in [-0.4, -0.2) is 110 Å². The predicted molar refractivity (Wildman–Crippen MR) is 263 cm³/mol. The van der Waals surface area contributed by atoms with Crippen LogP contribution in [0.25, 0.3) is 22.3 Å². The first-order chi connectivity index (χ1) is 32.8. The van der Waals surface area contributed by atoms with Crippen LogP contribution in [0.4, 0.5) is 21.6 Å². The maximum Gasteiger partial charge on any atom is 0.251 e. The van der Waals surface area contributed by atoms with E-state index in [1.807, 2.05) is 40.3 Å². The normalized spacial score (nSPS) is 23.2. The molecule has 10 rings (SSSR count). The number of benzene rings is 2. The van der Waals surface area contributed by atoms with Crippen LogP contribution in [0, 0.1) is 24.6 Å². The Labute approximate surface area is 400 Å². The van der Waals surface area contributed by atoms with E-state index >= 15 is 9.18 Å². The molecule has 362 valence electrons. The standard InChI is InChI=1S/C54H70FN9O4/c1-33(2)57-51(66)41-29-45(43(55)24-35(41)5)59-50-49-46(56-32-63(49)34(3)4)30-44(58-50)38-14-15-42-47(26-38)64(40-27-39(28-40)60-19-10-7-11-20-60)53(68)54(42)17-22-61(23-18-54)48(65)25-36-16-21-62(31-36)52(67)37-12-8-6-9-13-37/h14-15,24,26,29-30,32-34,36-37,39-40H,6-13,16-23,25,27-28,31H2,1-5H3,(H,57,66)(H,58,59)/t36-,39?,40?/m1/s1. The fourth-order valence-electron chi connectivity index (χ4n) is 12.4. The number of amides is 4. The molecule has 68 heavy (non-hydrogen) atoms. The molecule has 4 amide bonds. The van der Waals surface area contributed by atoms with Crippen LogP contribution >= 0.6 is 0 Å². The lowest BCUT2D eigenvalue weighted by molar-refractivity contribution is -0.137. The van der Waals surface area contributed by atoms with Crippen LogP contribution < -0.4 is 15.5 Å². The molecule has 1 spiro atoms. The molecule has 4 aliphatic heterocycles. The Balaban J connectivity index is 0.934. The molecule has 5 fully saturated rings. The highest BCUT2D eigenvalue weighted by atomic mass is 19.1. The van der Waals surface area contributed by atoms with Gasteiger partial charge in [-0.2, -0.15) is 0 Å². The molecule has 4 aromatic rings. The van der Waals surface area contributed by atoms with E-state index < -0.39 is 11.2 Å². The number of anilines is 3. The summed E-state index contributed by atoms with van der Waals surface area (Å²) in [6, 6.07) is 11.7. The lowest BCUT2D eigenvalue weighted by Crippen LogP contribution is -2.58. The maximum absolute atomic E-state index is 15.9. The zero-order valence-corrected chi connectivity index (χ0v) is 40.8. The Hall–Kier alpha value is -5.37. The lowest BCUT2D eigenvalue weighted by Gasteiger charge is -2.48. The topological polar surface area (TPSA) is 136 Å². The smallest absolute Gasteiger partial charge is 0.251 e. The number of nitrogens with one attached hydrogen (secondary N) is 2. The van der Waals surface area contributed by atoms with E-state index in [4.69, 9.17) is 9.97 Å². The number of aromatic nitrogens is 3. The minimum absolute atomic E-state index is 0.0341. The first kappa shape index (κ1) is 46.4. The minimum Gasteiger partial charge on any atom is -0.350 e. The number of nitrogens with zero attached hydrogens (tertiary/aromatic N) is 7. The second-order valence-electron chi connectivity index (χ2n) is 21.6. The SMILES string of the molecule is Cc1cc(F)c(Nc2nc(-c3ccc4c(c3)N(C3CC(N5CCCCC5)C3)C(=O)C43CCN(C(=O)C[C@H]4CCN(C(=O)C5CCCCC5)C4)CC3)cc3ncn(C(C)C)c23)cc1C(=O)NC(C)C. The third kappa shape index (κ3) is 8.68. The molecule has 6 aliphatic rings. The third-order valence-corrected chi connectivity index (χ3v) is 16.4. The van der Waals surface area contributed by atoms with Crippen molar-refractivity contribution >= 4 is 51.9 Å². The van der Waals surface area contributed by atoms with Gasteiger partial charge in [-0.3, -0.25) is 19.2 Å². The molecular formula is C54H70FN9O4. The Morgan fingerprint density at radius 1 is 0.853 bits per heavy atom. The minimum atomic E-state index is -0.736. The van der Waals surface area contributed by atoms with Gasteiger partial charge < -0.3 is 34.8 Å². The van der Waals surface area contributed by atoms with Crippen LogP contribution in [0.5, 0.6) is 0 Å². The van der Waals surface area contributed by atoms with Gasteiger partial charge in [0.05, 0.1) is 28.6 Å². The van der Waals surface area contributed by atoms with E-state index in [2.05, 4.69) is 46.4 Å². The summed E-state index contributed by atoms with van der Waals surface area (Å²) >= 11 is 0. The number of likely N-dealkylation sites (tertiary alicyclic amines) is 3. The van der Waals surface area contributed by atoms with Crippen LogP contribution in [0.1, 0.15) is 145 Å². The molecule has 2 N–H and O–H groups in total. The van der Waals surface area contributed by atoms with Gasteiger partial charge in [-0.1, -0.05) is 37.8 Å². The van der Waals surface area contributed by atoms with E-state index in [1.54, 1.807) is 19.3 Å². The van der Waals surface area contributed by atoms with E-state index in [1.165, 1.54) is 31.7 Å². The second kappa shape index (κ2) is 18.8. The monoisotopic (exact) mass is 928 g/mol. The molecule has 2 aromatic heterocycles. The van der Waals surface area contributed by atoms with Crippen molar-refractivity contribution in [3.8, 4) is 11.3 Å². The molecule has 0 radical (unpaired) electrons. The van der Waals surface area contributed by atoms with Crippen molar-refractivity contribution in [1.29, 1.82) is 0 Å². The number of pyridine rings is 1. The number of carbonyl (C=O) groups is 4. The summed E-state index contributed by atoms with van der Waals surface area (Å²) in [5, 5.41) is 6.21. The highest BCUT2D eigenvalue weighted by Gasteiger charge is 2.56. The van der Waals surface area contributed by atoms with Crippen LogP contribution in [-0.2, 0) is 19.8 Å². The number of piperidine rings is 2. The van der Waals surface area contributed by atoms with Gasteiger partial charge >= 0.3 is 0 Å². The van der Waals surface area contributed by atoms with Crippen LogP contribution in [0.15, 0.2) is 42.7 Å². The van der Waals surface area contributed by atoms with Gasteiger partial charge in [-0.25, -0.2) is 14.4 Å². The van der Waals surface area contributed by atoms with Gasteiger partial charge in [0, 0.05) is 79.5 Å². The highest BCUT2D eigenvalue weighted by Crippen LogP contribution is 2.52. The van der Waals surface area contributed by atoms with Crippen molar-refractivity contribution in [2.45, 2.75) is 154 Å². The van der Waals surface area contributed by atoms with Gasteiger partial charge in [0.25, 0.3) is 5.91 Å². The molecule has 0 bridgehead atoms. The molecule has 13 nitrogen and oxygen atoms in total. The van der Waals surface area contributed by atoms with Crippen molar-refractivity contribution in [3.05, 3.63) is 65.2 Å². The predicted octanol–water partition coefficient (Wildman–Crippen LogP) is 9.05. The van der Waals surface area contributed by atoms with Gasteiger partial charge in [-0.05, 0) is 147 Å². The van der Waals surface area contributed by atoms with Gasteiger partial charge in [0.1, 0.15) is 11.3 Å². The molecule has 14 heteroatoms. The largest absolute Gasteiger partial charge is 0.350 e. The zero-order valence-electron chi connectivity index (χ0n) is 40.8. The van der Waals surface area contributed by atoms with Gasteiger partial charge in [0.15, 0.2) is 5.82 Å². The van der Waals surface area contributed by atoms with E-state index in [9.17, 15) is 14.4 Å². The number of carbonyl (C=O) groups excluding carboxylic acids is 4. The fourth-order valence-corrected chi connectivity index (χ4v) is 12.4. The van der Waals surface area contributed by atoms with Crippen LogP contribution in [0.3, 0.4) is 0 Å². The number of fused-ring (bicyclic) bond motifs is 3. The summed E-state index contributed by atoms with van der Waals surface area (Å²) in [7, 11) is 0. The molecule has 2 saturated carbocycles. The Kier molecular flexibility index (Phi) is 12.9. The number of hydrogen-bond donors (Lipinski definition) is 2. The van der Waals surface area contributed by atoms with Crippen molar-refractivity contribution < 1.29 is 23.6 Å². The molecule has 2 aromatic carbocycles. The van der Waals surface area contributed by atoms with E-state index in [0.29, 0.717) is 78.6 Å². The van der Waals surface area contributed by atoms with Crippen molar-refractivity contribution in [2.24, 2.45) is 11.8 Å². The number of aryl methyl sites for hydroxylation is 1. The Morgan fingerprint density at radius 2 is 1.59 bits per heavy atom. The molecule has 1 atom stereocenters. The molecule has 6 heterocycles. The summed E-state index contributed by atoms with van der Waals surface area (Å²) in [6.07, 6.45) is 15.3. The first-order valence-electron chi connectivity index (χ1n) is 25.8. The van der Waals surface area contributed by atoms with E-state index in [0.717, 1.165) is 81.4 Å². The zero-order chi connectivity index (χ0) is 47.4. The summed E-state index contributed by atoms with van der Waals surface area (Å²) in [4.78, 5) is 74.4. The van der Waals surface area contributed by atoms with Gasteiger partial charge in [-0.15, -0.1) is 0 Å². The van der Waals surface area contributed by atoms with Crippen molar-refractivity contribution in [2.75, 3.05) is 49.5 Å². The lowest BCUT2D eigenvalue weighted by atomic mass is 9.73. The average molecular weight is 928 g/mol. The Morgan fingerprint density at radius 3 is 2.31 bits per heavy atom. The summed E-state index contributed by atoms with van der Waals surface area (Å²) < 4.78 is 17.9. The number of halogens is 1. The number of hydrogen-bond acceptors (Lipinski definition) is 8. The molecular weight excluding hydrogens is 858 g/mol. The summed E-state index contributed by atoms with van der Waals surface area (Å²) in [5.41, 5.74) is 5.08. The molecule has 0 unspecified atom stereocenters. The fraction of sp³-hybridized carbons (Fsp3) is 0.593. The van der Waals surface area contributed by atoms with Crippen molar-refractivity contribution in [3.63, 3.8) is 0 Å². The first-order valence-corrected chi connectivity index (χ1v) is 25.8. The van der Waals surface area contributed by atoms with Gasteiger partial charge in [0.2, 0.25) is 17.7 Å². The molecule has 2 aliphatic carbocycles. The number of imidazole rings is 1. The second-order valence-corrected chi connectivity index (χ2v) is 21.6. The van der Waals surface area contributed by atoms with Crippen LogP contribution in [0.2, 0.25) is 0 Å². The molecule has 3 saturated heterocycles. The summed E-state index contributed by atoms with van der Waals surface area (Å²) in [6.45, 7) is 14.3. The summed E-state index contributed by atoms with van der Waals surface area (Å²) in [5.74, 6) is 0.507. The number of rotatable bonds is 11. The maximum atomic E-state index is 15.9. The Bertz CT molecular complexity index is 2580. The van der Waals surface area contributed by atoms with Crippen molar-refractivity contribution in [1.82, 2.24) is 34.6 Å². The quantitative estimate of drug-likeness (QED) is 0.152. The van der Waals surface area contributed by atoms with E-state index in [-0.39, 0.29) is 59.3 Å². The third-order valence-electron chi connectivity index (χ3n) is 16.4. The highest BCUT2D eigenvalue weighted by molar-refractivity contribution is 6.09. The average Bonchev–Trinajstić information content (AvgIpc) is 4.03.